The van der Waals surface area contributed by atoms with E-state index in [1.807, 2.05) is 38.3 Å². The van der Waals surface area contributed by atoms with E-state index in [1.165, 1.54) is 0 Å². The minimum atomic E-state index is -0.487. The third kappa shape index (κ3) is 2.92. The van der Waals surface area contributed by atoms with Crippen LogP contribution in [0.5, 0.6) is 0 Å². The smallest absolute Gasteiger partial charge is 0.229 e. The molecule has 0 aliphatic carbocycles. The number of aliphatic hydroxyl groups excluding tert-OH is 1. The van der Waals surface area contributed by atoms with Gasteiger partial charge in [0.05, 0.1) is 17.4 Å². The molecule has 1 unspecified atom stereocenters. The van der Waals surface area contributed by atoms with Gasteiger partial charge in [-0.15, -0.1) is 11.3 Å². The first-order valence-corrected chi connectivity index (χ1v) is 6.39. The number of nitrogens with zero attached hydrogens (tertiary/aromatic N) is 2. The monoisotopic (exact) mass is 252 g/mol. The molecular formula is C12H16N2O2S. The van der Waals surface area contributed by atoms with Gasteiger partial charge in [-0.2, -0.15) is 4.98 Å². The van der Waals surface area contributed by atoms with Crippen LogP contribution in [0, 0.1) is 5.41 Å². The molecule has 0 aliphatic heterocycles. The summed E-state index contributed by atoms with van der Waals surface area (Å²) in [4.78, 5) is 5.26. The quantitative estimate of drug-likeness (QED) is 0.912. The van der Waals surface area contributed by atoms with Gasteiger partial charge in [-0.05, 0) is 16.9 Å². The van der Waals surface area contributed by atoms with Crippen LogP contribution in [0.2, 0.25) is 0 Å². The molecule has 0 aromatic carbocycles. The van der Waals surface area contributed by atoms with Crippen LogP contribution in [-0.2, 0) is 6.42 Å². The number of aromatic nitrogens is 2. The first-order valence-electron chi connectivity index (χ1n) is 5.51. The van der Waals surface area contributed by atoms with Crippen LogP contribution in [0.3, 0.4) is 0 Å². The number of hydrogen-bond donors (Lipinski definition) is 1. The lowest BCUT2D eigenvalue weighted by molar-refractivity contribution is 0.0565. The molecule has 0 saturated heterocycles. The summed E-state index contributed by atoms with van der Waals surface area (Å²) in [5.41, 5.74) is -0.183. The number of thiophene rings is 1. The molecule has 2 aromatic heterocycles. The summed E-state index contributed by atoms with van der Waals surface area (Å²) in [6.07, 6.45) is -0.0962. The summed E-state index contributed by atoms with van der Waals surface area (Å²) in [7, 11) is 0. The number of aliphatic hydroxyl groups is 1. The summed E-state index contributed by atoms with van der Waals surface area (Å²) in [6.45, 7) is 5.94. The Bertz CT molecular complexity index is 471. The maximum atomic E-state index is 9.95. The molecule has 2 aromatic rings. The number of rotatable bonds is 3. The Labute approximate surface area is 104 Å². The Kier molecular flexibility index (Phi) is 3.31. The summed E-state index contributed by atoms with van der Waals surface area (Å²) >= 11 is 1.57. The molecule has 2 rings (SSSR count). The van der Waals surface area contributed by atoms with E-state index < -0.39 is 6.10 Å². The molecular weight excluding hydrogens is 236 g/mol. The Morgan fingerprint density at radius 3 is 2.82 bits per heavy atom. The fraction of sp³-hybridized carbons (Fsp3) is 0.500. The van der Waals surface area contributed by atoms with Gasteiger partial charge >= 0.3 is 0 Å². The molecule has 4 nitrogen and oxygen atoms in total. The van der Waals surface area contributed by atoms with Gasteiger partial charge in [0.1, 0.15) is 0 Å². The van der Waals surface area contributed by atoms with Crippen molar-refractivity contribution in [2.75, 3.05) is 0 Å². The minimum Gasteiger partial charge on any atom is -0.392 e. The second-order valence-electron chi connectivity index (χ2n) is 5.07. The van der Waals surface area contributed by atoms with E-state index in [9.17, 15) is 5.11 Å². The highest BCUT2D eigenvalue weighted by molar-refractivity contribution is 7.13. The Balaban J connectivity index is 2.09. The van der Waals surface area contributed by atoms with Crippen molar-refractivity contribution >= 4 is 11.3 Å². The van der Waals surface area contributed by atoms with Crippen molar-refractivity contribution < 1.29 is 9.63 Å². The first-order chi connectivity index (χ1) is 7.97. The summed E-state index contributed by atoms with van der Waals surface area (Å²) < 4.78 is 5.14. The predicted molar refractivity (Wildman–Crippen MR) is 66.8 cm³/mol. The van der Waals surface area contributed by atoms with Crippen molar-refractivity contribution in [2.45, 2.75) is 33.3 Å². The van der Waals surface area contributed by atoms with Crippen molar-refractivity contribution in [3.8, 4) is 10.7 Å². The third-order valence-electron chi connectivity index (χ3n) is 2.58. The van der Waals surface area contributed by atoms with Gasteiger partial charge in [0.2, 0.25) is 11.7 Å². The van der Waals surface area contributed by atoms with Crippen molar-refractivity contribution in [2.24, 2.45) is 5.41 Å². The van der Waals surface area contributed by atoms with Crippen molar-refractivity contribution in [3.05, 3.63) is 23.4 Å². The molecule has 2 heterocycles. The maximum absolute atomic E-state index is 9.95. The fourth-order valence-electron chi connectivity index (χ4n) is 1.32. The molecule has 0 fully saturated rings. The van der Waals surface area contributed by atoms with Crippen LogP contribution >= 0.6 is 11.3 Å². The van der Waals surface area contributed by atoms with Crippen LogP contribution in [0.25, 0.3) is 10.7 Å². The highest BCUT2D eigenvalue weighted by Gasteiger charge is 2.24. The van der Waals surface area contributed by atoms with Gasteiger partial charge in [0, 0.05) is 0 Å². The highest BCUT2D eigenvalue weighted by atomic mass is 32.1. The SMILES string of the molecule is CC(C)(C)C(O)Cc1nc(-c2cccs2)no1. The lowest BCUT2D eigenvalue weighted by Gasteiger charge is -2.24. The van der Waals surface area contributed by atoms with Crippen LogP contribution in [0.15, 0.2) is 22.0 Å². The largest absolute Gasteiger partial charge is 0.392 e. The first kappa shape index (κ1) is 12.3. The molecule has 0 bridgehead atoms. The topological polar surface area (TPSA) is 59.2 Å². The van der Waals surface area contributed by atoms with Crippen LogP contribution < -0.4 is 0 Å². The van der Waals surface area contributed by atoms with Gasteiger partial charge < -0.3 is 9.63 Å². The van der Waals surface area contributed by atoms with Crippen molar-refractivity contribution in [1.29, 1.82) is 0 Å². The van der Waals surface area contributed by atoms with E-state index in [0.29, 0.717) is 18.1 Å². The van der Waals surface area contributed by atoms with Gasteiger partial charge in [0.15, 0.2) is 0 Å². The zero-order valence-corrected chi connectivity index (χ0v) is 11.0. The van der Waals surface area contributed by atoms with E-state index in [-0.39, 0.29) is 5.41 Å². The van der Waals surface area contributed by atoms with Gasteiger partial charge in [-0.3, -0.25) is 0 Å². The molecule has 0 amide bonds. The van der Waals surface area contributed by atoms with E-state index >= 15 is 0 Å². The third-order valence-corrected chi connectivity index (χ3v) is 3.44. The molecule has 0 spiro atoms. The van der Waals surface area contributed by atoms with E-state index in [4.69, 9.17) is 4.52 Å². The minimum absolute atomic E-state index is 0.183. The second kappa shape index (κ2) is 4.58. The van der Waals surface area contributed by atoms with Crippen molar-refractivity contribution in [1.82, 2.24) is 10.1 Å². The summed E-state index contributed by atoms with van der Waals surface area (Å²) in [5.74, 6) is 1.08. The Morgan fingerprint density at radius 1 is 1.47 bits per heavy atom. The summed E-state index contributed by atoms with van der Waals surface area (Å²) in [6, 6.07) is 3.89. The standard InChI is InChI=1S/C12H16N2O2S/c1-12(2,3)9(15)7-10-13-11(14-16-10)8-5-4-6-17-8/h4-6,9,15H,7H2,1-3H3. The second-order valence-corrected chi connectivity index (χ2v) is 6.02. The van der Waals surface area contributed by atoms with Gasteiger partial charge in [-0.25, -0.2) is 0 Å². The molecule has 0 radical (unpaired) electrons. The molecule has 1 atom stereocenters. The molecule has 17 heavy (non-hydrogen) atoms. The zero-order chi connectivity index (χ0) is 12.5. The average molecular weight is 252 g/mol. The zero-order valence-electron chi connectivity index (χ0n) is 10.2. The molecule has 92 valence electrons. The van der Waals surface area contributed by atoms with E-state index in [0.717, 1.165) is 4.88 Å². The fourth-order valence-corrected chi connectivity index (χ4v) is 1.96. The van der Waals surface area contributed by atoms with Crippen molar-refractivity contribution in [3.63, 3.8) is 0 Å². The maximum Gasteiger partial charge on any atom is 0.229 e. The molecule has 1 N–H and O–H groups in total. The van der Waals surface area contributed by atoms with Crippen LogP contribution in [0.1, 0.15) is 26.7 Å². The normalized spacial score (nSPS) is 13.9. The van der Waals surface area contributed by atoms with Gasteiger partial charge in [-0.1, -0.05) is 32.0 Å². The number of hydrogen-bond acceptors (Lipinski definition) is 5. The molecule has 0 saturated carbocycles. The van der Waals surface area contributed by atoms with Crippen LogP contribution in [-0.4, -0.2) is 21.4 Å². The molecule has 5 heteroatoms. The van der Waals surface area contributed by atoms with Gasteiger partial charge in [0.25, 0.3) is 0 Å². The Morgan fingerprint density at radius 2 is 2.24 bits per heavy atom. The average Bonchev–Trinajstić information content (AvgIpc) is 2.83. The highest BCUT2D eigenvalue weighted by Crippen LogP contribution is 2.24. The summed E-state index contributed by atoms with van der Waals surface area (Å²) in [5, 5.41) is 15.8. The lowest BCUT2D eigenvalue weighted by atomic mass is 9.87. The predicted octanol–water partition coefficient (Wildman–Crippen LogP) is 2.75. The van der Waals surface area contributed by atoms with E-state index in [2.05, 4.69) is 10.1 Å². The molecule has 0 aliphatic rings. The Hall–Kier alpha value is -1.20. The van der Waals surface area contributed by atoms with Crippen LogP contribution in [0.4, 0.5) is 0 Å². The van der Waals surface area contributed by atoms with E-state index in [1.54, 1.807) is 11.3 Å². The lowest BCUT2D eigenvalue weighted by Crippen LogP contribution is -2.28.